The molecule has 41 heavy (non-hydrogen) atoms. The molecule has 7 nitrogen and oxygen atoms in total. The first-order chi connectivity index (χ1) is 20.0. The van der Waals surface area contributed by atoms with Crippen molar-refractivity contribution in [1.82, 2.24) is 14.9 Å². The number of morpholine rings is 1. The van der Waals surface area contributed by atoms with E-state index in [0.717, 1.165) is 71.8 Å². The molecule has 5 aromatic rings. The van der Waals surface area contributed by atoms with E-state index in [-0.39, 0.29) is 11.7 Å². The number of rotatable bonds is 7. The highest BCUT2D eigenvalue weighted by Crippen LogP contribution is 2.28. The molecule has 0 bridgehead atoms. The van der Waals surface area contributed by atoms with Crippen molar-refractivity contribution in [2.45, 2.75) is 13.5 Å². The maximum absolute atomic E-state index is 13.5. The molecule has 1 aliphatic rings. The molecule has 2 N–H and O–H groups in total. The van der Waals surface area contributed by atoms with E-state index in [4.69, 9.17) is 9.72 Å². The fourth-order valence-corrected chi connectivity index (χ4v) is 4.91. The second-order valence-corrected chi connectivity index (χ2v) is 10.1. The second-order valence-electron chi connectivity index (χ2n) is 10.1. The minimum atomic E-state index is -0.301. The third-order valence-electron chi connectivity index (χ3n) is 7.18. The number of aryl methyl sites for hydroxylation is 1. The Bertz CT molecular complexity index is 1680. The van der Waals surface area contributed by atoms with Gasteiger partial charge in [0.2, 0.25) is 5.95 Å². The van der Waals surface area contributed by atoms with Gasteiger partial charge in [-0.3, -0.25) is 9.69 Å². The third-order valence-corrected chi connectivity index (χ3v) is 7.18. The lowest BCUT2D eigenvalue weighted by molar-refractivity contribution is 0.0342. The van der Waals surface area contributed by atoms with Crippen LogP contribution in [-0.4, -0.2) is 47.1 Å². The fraction of sp³-hybridized carbons (Fsp3) is 0.182. The number of carbonyl (C=O) groups excluding carboxylic acids is 1. The average Bonchev–Trinajstić information content (AvgIpc) is 3.00. The number of hydrogen-bond donors (Lipinski definition) is 2. The second kappa shape index (κ2) is 11.8. The molecule has 2 heterocycles. The number of nitrogens with one attached hydrogen (secondary N) is 2. The maximum Gasteiger partial charge on any atom is 0.255 e. The Kier molecular flexibility index (Phi) is 7.67. The van der Waals surface area contributed by atoms with Crippen LogP contribution >= 0.6 is 0 Å². The Balaban J connectivity index is 1.17. The molecule has 1 saturated heterocycles. The van der Waals surface area contributed by atoms with Gasteiger partial charge in [-0.15, -0.1) is 0 Å². The minimum Gasteiger partial charge on any atom is -0.379 e. The normalized spacial score (nSPS) is 13.7. The topological polar surface area (TPSA) is 79.4 Å². The summed E-state index contributed by atoms with van der Waals surface area (Å²) in [7, 11) is 0. The van der Waals surface area contributed by atoms with Gasteiger partial charge < -0.3 is 15.4 Å². The van der Waals surface area contributed by atoms with Gasteiger partial charge in [-0.05, 0) is 78.7 Å². The molecule has 1 aliphatic heterocycles. The van der Waals surface area contributed by atoms with Gasteiger partial charge in [-0.2, -0.15) is 0 Å². The van der Waals surface area contributed by atoms with Crippen LogP contribution in [0.4, 0.5) is 21.7 Å². The van der Waals surface area contributed by atoms with Gasteiger partial charge in [0, 0.05) is 47.5 Å². The summed E-state index contributed by atoms with van der Waals surface area (Å²) in [5, 5.41) is 7.19. The average molecular weight is 548 g/mol. The zero-order chi connectivity index (χ0) is 28.2. The molecular weight excluding hydrogens is 517 g/mol. The Hall–Kier alpha value is -4.66. The molecule has 0 saturated carbocycles. The highest BCUT2D eigenvalue weighted by Gasteiger charge is 2.14. The summed E-state index contributed by atoms with van der Waals surface area (Å²) in [4.78, 5) is 24.8. The van der Waals surface area contributed by atoms with E-state index in [0.29, 0.717) is 17.2 Å². The van der Waals surface area contributed by atoms with Gasteiger partial charge in [0.15, 0.2) is 0 Å². The first kappa shape index (κ1) is 26.6. The minimum absolute atomic E-state index is 0.177. The lowest BCUT2D eigenvalue weighted by Gasteiger charge is -2.26. The molecule has 0 atom stereocenters. The molecule has 1 fully saturated rings. The number of nitrogens with zero attached hydrogens (tertiary/aromatic N) is 3. The maximum atomic E-state index is 13.5. The summed E-state index contributed by atoms with van der Waals surface area (Å²) in [6, 6.07) is 27.4. The molecule has 8 heteroatoms. The molecule has 0 unspecified atom stereocenters. The number of benzene rings is 4. The van der Waals surface area contributed by atoms with Gasteiger partial charge in [-0.25, -0.2) is 14.4 Å². The van der Waals surface area contributed by atoms with Gasteiger partial charge in [-0.1, -0.05) is 30.3 Å². The summed E-state index contributed by atoms with van der Waals surface area (Å²) in [6.07, 6.45) is 0. The van der Waals surface area contributed by atoms with Crippen LogP contribution in [0.1, 0.15) is 21.5 Å². The zero-order valence-electron chi connectivity index (χ0n) is 22.7. The lowest BCUT2D eigenvalue weighted by atomic mass is 10.1. The standard InChI is InChI=1S/C33H30FN5O2/c1-22-6-7-23(21-39-16-18-41-19-17-39)20-30(22)36-32(40)25-10-14-27(15-11-25)35-33-37-29-5-3-2-4-28(29)31(38-33)24-8-12-26(34)13-9-24/h2-15,20H,16-19,21H2,1H3,(H,36,40)(H,35,37,38). The van der Waals surface area contributed by atoms with Crippen LogP contribution in [0.3, 0.4) is 0 Å². The van der Waals surface area contributed by atoms with Crippen molar-refractivity contribution >= 4 is 34.1 Å². The zero-order valence-corrected chi connectivity index (χ0v) is 22.7. The third kappa shape index (κ3) is 6.24. The molecule has 0 spiro atoms. The highest BCUT2D eigenvalue weighted by molar-refractivity contribution is 6.05. The summed E-state index contributed by atoms with van der Waals surface area (Å²) in [5.41, 5.74) is 6.53. The quantitative estimate of drug-likeness (QED) is 0.240. The van der Waals surface area contributed by atoms with Crippen molar-refractivity contribution in [2.75, 3.05) is 36.9 Å². The van der Waals surface area contributed by atoms with Crippen LogP contribution in [0.2, 0.25) is 0 Å². The number of hydrogen-bond acceptors (Lipinski definition) is 6. The summed E-state index contributed by atoms with van der Waals surface area (Å²) in [6.45, 7) is 6.14. The molecule has 6 rings (SSSR count). The van der Waals surface area contributed by atoms with Gasteiger partial charge >= 0.3 is 0 Å². The molecule has 1 amide bonds. The number of para-hydroxylation sites is 1. The van der Waals surface area contributed by atoms with E-state index in [1.807, 2.05) is 55.5 Å². The van der Waals surface area contributed by atoms with Crippen LogP contribution in [-0.2, 0) is 11.3 Å². The Morgan fingerprint density at radius 1 is 0.927 bits per heavy atom. The predicted molar refractivity (Wildman–Crippen MR) is 160 cm³/mol. The van der Waals surface area contributed by atoms with E-state index in [2.05, 4.69) is 26.6 Å². The first-order valence-corrected chi connectivity index (χ1v) is 13.6. The van der Waals surface area contributed by atoms with E-state index in [1.54, 1.807) is 24.3 Å². The van der Waals surface area contributed by atoms with Crippen LogP contribution < -0.4 is 10.6 Å². The monoisotopic (exact) mass is 547 g/mol. The van der Waals surface area contributed by atoms with Gasteiger partial charge in [0.05, 0.1) is 24.4 Å². The van der Waals surface area contributed by atoms with Crippen molar-refractivity contribution in [3.8, 4) is 11.3 Å². The summed E-state index contributed by atoms with van der Waals surface area (Å²) in [5.74, 6) is -0.0675. The van der Waals surface area contributed by atoms with Crippen LogP contribution in [0.25, 0.3) is 22.2 Å². The van der Waals surface area contributed by atoms with Crippen molar-refractivity contribution in [3.63, 3.8) is 0 Å². The molecule has 206 valence electrons. The Morgan fingerprint density at radius 3 is 2.46 bits per heavy atom. The predicted octanol–water partition coefficient (Wildman–Crippen LogP) is 6.57. The largest absolute Gasteiger partial charge is 0.379 e. The fourth-order valence-electron chi connectivity index (χ4n) is 4.91. The van der Waals surface area contributed by atoms with Crippen molar-refractivity contribution in [3.05, 3.63) is 114 Å². The van der Waals surface area contributed by atoms with Crippen LogP contribution in [0.5, 0.6) is 0 Å². The number of aromatic nitrogens is 2. The molecular formula is C33H30FN5O2. The Labute approximate surface area is 238 Å². The first-order valence-electron chi connectivity index (χ1n) is 13.6. The van der Waals surface area contributed by atoms with E-state index in [1.165, 1.54) is 12.1 Å². The van der Waals surface area contributed by atoms with Crippen molar-refractivity contribution in [1.29, 1.82) is 0 Å². The lowest BCUT2D eigenvalue weighted by Crippen LogP contribution is -2.35. The Morgan fingerprint density at radius 2 is 1.68 bits per heavy atom. The number of anilines is 3. The number of ether oxygens (including phenoxy) is 1. The number of fused-ring (bicyclic) bond motifs is 1. The summed E-state index contributed by atoms with van der Waals surface area (Å²) >= 11 is 0. The number of amides is 1. The molecule has 1 aromatic heterocycles. The van der Waals surface area contributed by atoms with E-state index in [9.17, 15) is 9.18 Å². The smallest absolute Gasteiger partial charge is 0.255 e. The highest BCUT2D eigenvalue weighted by atomic mass is 19.1. The van der Waals surface area contributed by atoms with Gasteiger partial charge in [0.1, 0.15) is 5.82 Å². The van der Waals surface area contributed by atoms with Crippen LogP contribution in [0.15, 0.2) is 91.0 Å². The van der Waals surface area contributed by atoms with E-state index < -0.39 is 0 Å². The van der Waals surface area contributed by atoms with Gasteiger partial charge in [0.25, 0.3) is 5.91 Å². The number of carbonyl (C=O) groups is 1. The molecule has 0 aliphatic carbocycles. The van der Waals surface area contributed by atoms with Crippen LogP contribution in [0, 0.1) is 12.7 Å². The SMILES string of the molecule is Cc1ccc(CN2CCOCC2)cc1NC(=O)c1ccc(Nc2nc(-c3ccc(F)cc3)c3ccccc3n2)cc1. The van der Waals surface area contributed by atoms with Crippen molar-refractivity contribution < 1.29 is 13.9 Å². The molecule has 4 aromatic carbocycles. The summed E-state index contributed by atoms with van der Waals surface area (Å²) < 4.78 is 19.0. The van der Waals surface area contributed by atoms with E-state index >= 15 is 0 Å². The molecule has 0 radical (unpaired) electrons. The van der Waals surface area contributed by atoms with Crippen molar-refractivity contribution in [2.24, 2.45) is 0 Å². The number of halogens is 1.